The number of ether oxygens (including phenoxy) is 1. The van der Waals surface area contributed by atoms with Crippen molar-refractivity contribution in [3.63, 3.8) is 0 Å². The van der Waals surface area contributed by atoms with Gasteiger partial charge in [-0.15, -0.1) is 0 Å². The van der Waals surface area contributed by atoms with Crippen LogP contribution >= 0.6 is 0 Å². The topological polar surface area (TPSA) is 95.9 Å². The third-order valence-corrected chi connectivity index (χ3v) is 2.87. The van der Waals surface area contributed by atoms with Crippen LogP contribution < -0.4 is 15.0 Å². The van der Waals surface area contributed by atoms with Crippen molar-refractivity contribution in [1.82, 2.24) is 5.32 Å². The van der Waals surface area contributed by atoms with E-state index in [1.165, 1.54) is 4.90 Å². The zero-order valence-corrected chi connectivity index (χ0v) is 12.7. The van der Waals surface area contributed by atoms with E-state index in [4.69, 9.17) is 9.84 Å². The molecule has 1 rings (SSSR count). The van der Waals surface area contributed by atoms with E-state index in [-0.39, 0.29) is 18.4 Å². The van der Waals surface area contributed by atoms with Crippen LogP contribution in [-0.4, -0.2) is 43.1 Å². The number of anilines is 1. The Kier molecular flexibility index (Phi) is 6.88. The molecule has 0 unspecified atom stereocenters. The third-order valence-electron chi connectivity index (χ3n) is 2.87. The van der Waals surface area contributed by atoms with E-state index >= 15 is 0 Å². The number of amides is 2. The molecule has 7 nitrogen and oxygen atoms in total. The second-order valence-corrected chi connectivity index (χ2v) is 4.66. The highest BCUT2D eigenvalue weighted by molar-refractivity contribution is 5.96. The molecule has 120 valence electrons. The zero-order chi connectivity index (χ0) is 16.5. The molecule has 0 aliphatic carbocycles. The summed E-state index contributed by atoms with van der Waals surface area (Å²) in [6.45, 7) is 1.41. The lowest BCUT2D eigenvalue weighted by molar-refractivity contribution is -0.139. The van der Waals surface area contributed by atoms with Gasteiger partial charge in [-0.1, -0.05) is 6.92 Å². The van der Waals surface area contributed by atoms with Gasteiger partial charge in [0.15, 0.2) is 6.61 Å². The number of nitrogens with zero attached hydrogens (tertiary/aromatic N) is 1. The first-order valence-electron chi connectivity index (χ1n) is 6.92. The van der Waals surface area contributed by atoms with Crippen molar-refractivity contribution in [1.29, 1.82) is 0 Å². The smallest absolute Gasteiger partial charge is 0.341 e. The van der Waals surface area contributed by atoms with Gasteiger partial charge < -0.3 is 20.1 Å². The largest absolute Gasteiger partial charge is 0.482 e. The molecular formula is C15H20N2O5. The van der Waals surface area contributed by atoms with Crippen molar-refractivity contribution in [2.45, 2.75) is 19.8 Å². The maximum Gasteiger partial charge on any atom is 0.341 e. The Labute approximate surface area is 128 Å². The number of likely N-dealkylation sites (N-methyl/N-ethyl adjacent to an activating group) is 1. The highest BCUT2D eigenvalue weighted by atomic mass is 16.5. The maximum atomic E-state index is 12.0. The van der Waals surface area contributed by atoms with Gasteiger partial charge in [-0.05, 0) is 30.7 Å². The molecule has 0 saturated heterocycles. The van der Waals surface area contributed by atoms with Gasteiger partial charge in [0.2, 0.25) is 11.8 Å². The van der Waals surface area contributed by atoms with Crippen molar-refractivity contribution in [3.8, 4) is 5.75 Å². The number of carbonyl (C=O) groups is 3. The van der Waals surface area contributed by atoms with Crippen molar-refractivity contribution >= 4 is 23.5 Å². The average Bonchev–Trinajstić information content (AvgIpc) is 2.50. The summed E-state index contributed by atoms with van der Waals surface area (Å²) in [6, 6.07) is 6.45. The molecule has 2 amide bonds. The van der Waals surface area contributed by atoms with E-state index in [2.05, 4.69) is 5.32 Å². The number of rotatable bonds is 8. The molecule has 1 aromatic carbocycles. The Hall–Kier alpha value is -2.57. The first kappa shape index (κ1) is 17.5. The van der Waals surface area contributed by atoms with Crippen LogP contribution in [0.15, 0.2) is 24.3 Å². The summed E-state index contributed by atoms with van der Waals surface area (Å²) in [7, 11) is 1.60. The monoisotopic (exact) mass is 308 g/mol. The maximum absolute atomic E-state index is 12.0. The van der Waals surface area contributed by atoms with E-state index in [9.17, 15) is 14.4 Å². The van der Waals surface area contributed by atoms with Crippen molar-refractivity contribution in [2.24, 2.45) is 0 Å². The molecule has 0 bridgehead atoms. The van der Waals surface area contributed by atoms with Crippen LogP contribution in [0.1, 0.15) is 19.8 Å². The molecule has 22 heavy (non-hydrogen) atoms. The summed E-state index contributed by atoms with van der Waals surface area (Å²) >= 11 is 0. The Balaban J connectivity index is 2.53. The number of hydrogen-bond acceptors (Lipinski definition) is 4. The standard InChI is InChI=1S/C15H20N2O5/c1-3-4-13(18)16-9-14(19)17(2)11-5-7-12(8-6-11)22-10-15(20)21/h5-8H,3-4,9-10H2,1-2H3,(H,16,18)(H,20,21). The first-order chi connectivity index (χ1) is 10.4. The average molecular weight is 308 g/mol. The molecule has 0 saturated carbocycles. The quantitative estimate of drug-likeness (QED) is 0.748. The minimum absolute atomic E-state index is 0.0629. The lowest BCUT2D eigenvalue weighted by atomic mass is 10.2. The SMILES string of the molecule is CCCC(=O)NCC(=O)N(C)c1ccc(OCC(=O)O)cc1. The van der Waals surface area contributed by atoms with Gasteiger partial charge in [-0.3, -0.25) is 9.59 Å². The molecular weight excluding hydrogens is 288 g/mol. The molecule has 0 radical (unpaired) electrons. The van der Waals surface area contributed by atoms with Crippen LogP contribution in [0.2, 0.25) is 0 Å². The summed E-state index contributed by atoms with van der Waals surface area (Å²) in [5, 5.41) is 11.1. The Bertz CT molecular complexity index is 527. The van der Waals surface area contributed by atoms with Crippen LogP contribution in [0.5, 0.6) is 5.75 Å². The number of carboxylic acid groups (broad SMARTS) is 1. The van der Waals surface area contributed by atoms with Gasteiger partial charge in [0.05, 0.1) is 6.54 Å². The third kappa shape index (κ3) is 5.82. The number of carboxylic acids is 1. The second kappa shape index (κ2) is 8.66. The predicted molar refractivity (Wildman–Crippen MR) is 80.9 cm³/mol. The molecule has 0 aliphatic rings. The lowest BCUT2D eigenvalue weighted by Crippen LogP contribution is -2.38. The van der Waals surface area contributed by atoms with E-state index < -0.39 is 12.6 Å². The van der Waals surface area contributed by atoms with Crippen LogP contribution in [0.3, 0.4) is 0 Å². The first-order valence-corrected chi connectivity index (χ1v) is 6.92. The number of hydrogen-bond donors (Lipinski definition) is 2. The van der Waals surface area contributed by atoms with E-state index in [0.717, 1.165) is 6.42 Å². The van der Waals surface area contributed by atoms with Gasteiger partial charge in [-0.25, -0.2) is 4.79 Å². The molecule has 0 aliphatic heterocycles. The van der Waals surface area contributed by atoms with Crippen molar-refractivity contribution < 1.29 is 24.2 Å². The number of benzene rings is 1. The summed E-state index contributed by atoms with van der Waals surface area (Å²) < 4.78 is 5.01. The summed E-state index contributed by atoms with van der Waals surface area (Å²) in [5.74, 6) is -1.05. The summed E-state index contributed by atoms with van der Waals surface area (Å²) in [5.41, 5.74) is 0.623. The fourth-order valence-corrected chi connectivity index (χ4v) is 1.66. The number of carbonyl (C=O) groups excluding carboxylic acids is 2. The minimum atomic E-state index is -1.06. The molecule has 0 heterocycles. The fourth-order valence-electron chi connectivity index (χ4n) is 1.66. The molecule has 2 N–H and O–H groups in total. The molecule has 0 aromatic heterocycles. The van der Waals surface area contributed by atoms with Crippen molar-refractivity contribution in [2.75, 3.05) is 25.1 Å². The minimum Gasteiger partial charge on any atom is -0.482 e. The van der Waals surface area contributed by atoms with Gasteiger partial charge in [0.25, 0.3) is 0 Å². The van der Waals surface area contributed by atoms with Crippen LogP contribution in [0, 0.1) is 0 Å². The molecule has 0 spiro atoms. The van der Waals surface area contributed by atoms with Gasteiger partial charge in [0, 0.05) is 19.2 Å². The number of aliphatic carboxylic acids is 1. The van der Waals surface area contributed by atoms with E-state index in [1.54, 1.807) is 31.3 Å². The molecule has 7 heteroatoms. The normalized spacial score (nSPS) is 9.91. The summed E-state index contributed by atoms with van der Waals surface area (Å²) in [6.07, 6.45) is 1.13. The van der Waals surface area contributed by atoms with Gasteiger partial charge in [0.1, 0.15) is 5.75 Å². The van der Waals surface area contributed by atoms with Gasteiger partial charge in [-0.2, -0.15) is 0 Å². The Morgan fingerprint density at radius 3 is 2.41 bits per heavy atom. The van der Waals surface area contributed by atoms with Gasteiger partial charge >= 0.3 is 5.97 Å². The lowest BCUT2D eigenvalue weighted by Gasteiger charge is -2.18. The highest BCUT2D eigenvalue weighted by Gasteiger charge is 2.12. The zero-order valence-electron chi connectivity index (χ0n) is 12.7. The van der Waals surface area contributed by atoms with Crippen LogP contribution in [-0.2, 0) is 14.4 Å². The van der Waals surface area contributed by atoms with Crippen LogP contribution in [0.4, 0.5) is 5.69 Å². The Morgan fingerprint density at radius 2 is 1.86 bits per heavy atom. The van der Waals surface area contributed by atoms with Crippen molar-refractivity contribution in [3.05, 3.63) is 24.3 Å². The second-order valence-electron chi connectivity index (χ2n) is 4.66. The molecule has 0 atom stereocenters. The highest BCUT2D eigenvalue weighted by Crippen LogP contribution is 2.18. The fraction of sp³-hybridized carbons (Fsp3) is 0.400. The predicted octanol–water partition coefficient (Wildman–Crippen LogP) is 1.03. The Morgan fingerprint density at radius 1 is 1.23 bits per heavy atom. The number of nitrogens with one attached hydrogen (secondary N) is 1. The molecule has 1 aromatic rings. The van der Waals surface area contributed by atoms with E-state index in [0.29, 0.717) is 17.9 Å². The summed E-state index contributed by atoms with van der Waals surface area (Å²) in [4.78, 5) is 35.1. The van der Waals surface area contributed by atoms with Crippen LogP contribution in [0.25, 0.3) is 0 Å². The molecule has 0 fully saturated rings. The van der Waals surface area contributed by atoms with E-state index in [1.807, 2.05) is 6.92 Å².